The van der Waals surface area contributed by atoms with Gasteiger partial charge in [0.15, 0.2) is 0 Å². The van der Waals surface area contributed by atoms with Gasteiger partial charge < -0.3 is 19.9 Å². The summed E-state index contributed by atoms with van der Waals surface area (Å²) in [7, 11) is 0. The van der Waals surface area contributed by atoms with E-state index in [-0.39, 0.29) is 12.0 Å². The molecule has 8 nitrogen and oxygen atoms in total. The summed E-state index contributed by atoms with van der Waals surface area (Å²) in [6.07, 6.45) is 3.21. The van der Waals surface area contributed by atoms with Crippen LogP contribution in [0.25, 0.3) is 0 Å². The molecule has 0 bridgehead atoms. The number of unbranched alkanes of at least 4 members (excludes halogenated alkanes) is 1. The van der Waals surface area contributed by atoms with Crippen molar-refractivity contribution in [2.24, 2.45) is 0 Å². The van der Waals surface area contributed by atoms with Crippen LogP contribution in [0.15, 0.2) is 12.4 Å². The maximum absolute atomic E-state index is 12.6. The van der Waals surface area contributed by atoms with Gasteiger partial charge in [0.05, 0.1) is 6.61 Å². The highest BCUT2D eigenvalue weighted by Gasteiger charge is 2.26. The maximum atomic E-state index is 12.6. The van der Waals surface area contributed by atoms with Crippen molar-refractivity contribution in [3.8, 4) is 0 Å². The Balaban J connectivity index is 1.90. The average Bonchev–Trinajstić information content (AvgIpc) is 2.62. The van der Waals surface area contributed by atoms with Gasteiger partial charge in [-0.3, -0.25) is 4.79 Å². The van der Waals surface area contributed by atoms with Crippen LogP contribution >= 0.6 is 0 Å². The number of hydrogen-bond acceptors (Lipinski definition) is 6. The van der Waals surface area contributed by atoms with Crippen molar-refractivity contribution in [3.05, 3.63) is 18.1 Å². The molecule has 1 fully saturated rings. The summed E-state index contributed by atoms with van der Waals surface area (Å²) in [5.41, 5.74) is 0.369. The number of rotatable bonds is 6. The first-order valence-electron chi connectivity index (χ1n) is 8.42. The van der Waals surface area contributed by atoms with Gasteiger partial charge in [-0.05, 0) is 13.3 Å². The van der Waals surface area contributed by atoms with E-state index in [0.717, 1.165) is 19.4 Å². The van der Waals surface area contributed by atoms with E-state index < -0.39 is 0 Å². The summed E-state index contributed by atoms with van der Waals surface area (Å²) in [6, 6.07) is 1.68. The summed E-state index contributed by atoms with van der Waals surface area (Å²) in [6.45, 7) is 6.95. The molecule has 2 heterocycles. The van der Waals surface area contributed by atoms with Gasteiger partial charge >= 0.3 is 6.09 Å². The third kappa shape index (κ3) is 4.81. The summed E-state index contributed by atoms with van der Waals surface area (Å²) < 4.78 is 4.98. The fourth-order valence-electron chi connectivity index (χ4n) is 2.43. The van der Waals surface area contributed by atoms with Gasteiger partial charge in [-0.15, -0.1) is 0 Å². The van der Waals surface area contributed by atoms with Crippen molar-refractivity contribution in [1.82, 2.24) is 19.8 Å². The first-order chi connectivity index (χ1) is 11.7. The number of carbonyl (C=O) groups excluding carboxylic acids is 2. The Labute approximate surface area is 142 Å². The standard InChI is InChI=1S/C16H25N5O3/c1-3-5-6-17-14-11-13(18-12-19-14)15(22)20-7-9-21(10-8-20)16(23)24-4-2/h11-12H,3-10H2,1-2H3,(H,17,18,19). The third-order valence-corrected chi connectivity index (χ3v) is 3.82. The molecule has 1 N–H and O–H groups in total. The molecule has 8 heteroatoms. The van der Waals surface area contributed by atoms with Crippen molar-refractivity contribution in [3.63, 3.8) is 0 Å². The Bertz CT molecular complexity index is 558. The zero-order valence-electron chi connectivity index (χ0n) is 14.3. The maximum Gasteiger partial charge on any atom is 0.409 e. The second-order valence-corrected chi connectivity index (χ2v) is 5.55. The molecule has 0 saturated carbocycles. The highest BCUT2D eigenvalue weighted by atomic mass is 16.6. The van der Waals surface area contributed by atoms with E-state index in [1.165, 1.54) is 6.33 Å². The monoisotopic (exact) mass is 335 g/mol. The smallest absolute Gasteiger partial charge is 0.409 e. The number of carbonyl (C=O) groups is 2. The molecular weight excluding hydrogens is 310 g/mol. The van der Waals surface area contributed by atoms with Crippen LogP contribution in [0, 0.1) is 0 Å². The number of nitrogens with one attached hydrogen (secondary N) is 1. The molecule has 1 aromatic heterocycles. The van der Waals surface area contributed by atoms with Crippen molar-refractivity contribution >= 4 is 17.8 Å². The van der Waals surface area contributed by atoms with Crippen LogP contribution in [0.4, 0.5) is 10.6 Å². The van der Waals surface area contributed by atoms with Crippen LogP contribution in [0.5, 0.6) is 0 Å². The molecule has 1 aromatic rings. The van der Waals surface area contributed by atoms with E-state index in [1.807, 2.05) is 0 Å². The lowest BCUT2D eigenvalue weighted by molar-refractivity contribution is 0.0566. The average molecular weight is 335 g/mol. The quantitative estimate of drug-likeness (QED) is 0.795. The molecular formula is C16H25N5O3. The van der Waals surface area contributed by atoms with Crippen LogP contribution in [0.1, 0.15) is 37.2 Å². The number of amides is 2. The van der Waals surface area contributed by atoms with E-state index in [2.05, 4.69) is 22.2 Å². The lowest BCUT2D eigenvalue weighted by Crippen LogP contribution is -2.50. The van der Waals surface area contributed by atoms with Gasteiger partial charge in [0.2, 0.25) is 0 Å². The molecule has 24 heavy (non-hydrogen) atoms. The second kappa shape index (κ2) is 9.05. The molecule has 132 valence electrons. The Morgan fingerprint density at radius 1 is 1.17 bits per heavy atom. The van der Waals surface area contributed by atoms with E-state index >= 15 is 0 Å². The first-order valence-corrected chi connectivity index (χ1v) is 8.42. The molecule has 1 aliphatic rings. The fraction of sp³-hybridized carbons (Fsp3) is 0.625. The van der Waals surface area contributed by atoms with Gasteiger partial charge in [-0.25, -0.2) is 14.8 Å². The number of ether oxygens (including phenoxy) is 1. The second-order valence-electron chi connectivity index (χ2n) is 5.55. The molecule has 2 amide bonds. The van der Waals surface area contributed by atoms with Crippen molar-refractivity contribution in [1.29, 1.82) is 0 Å². The van der Waals surface area contributed by atoms with E-state index in [0.29, 0.717) is 44.3 Å². The van der Waals surface area contributed by atoms with Crippen LogP contribution in [-0.4, -0.2) is 71.1 Å². The van der Waals surface area contributed by atoms with Crippen molar-refractivity contribution in [2.45, 2.75) is 26.7 Å². The molecule has 0 aromatic carbocycles. The summed E-state index contributed by atoms with van der Waals surface area (Å²) in [5.74, 6) is 0.520. The third-order valence-electron chi connectivity index (χ3n) is 3.82. The SMILES string of the molecule is CCCCNc1cc(C(=O)N2CCN(C(=O)OCC)CC2)ncn1. The molecule has 0 unspecified atom stereocenters. The number of anilines is 1. The van der Waals surface area contributed by atoms with Gasteiger partial charge in [-0.2, -0.15) is 0 Å². The van der Waals surface area contributed by atoms with E-state index in [9.17, 15) is 9.59 Å². The summed E-state index contributed by atoms with van der Waals surface area (Å²) in [4.78, 5) is 35.8. The Hall–Kier alpha value is -2.38. The minimum Gasteiger partial charge on any atom is -0.450 e. The van der Waals surface area contributed by atoms with Gasteiger partial charge in [0.25, 0.3) is 5.91 Å². The predicted molar refractivity (Wildman–Crippen MR) is 89.9 cm³/mol. The van der Waals surface area contributed by atoms with Crippen LogP contribution < -0.4 is 5.32 Å². The number of piperazine rings is 1. The zero-order chi connectivity index (χ0) is 17.4. The summed E-state index contributed by atoms with van der Waals surface area (Å²) >= 11 is 0. The molecule has 0 radical (unpaired) electrons. The highest BCUT2D eigenvalue weighted by Crippen LogP contribution is 2.11. The molecule has 0 aliphatic carbocycles. The largest absolute Gasteiger partial charge is 0.450 e. The fourth-order valence-corrected chi connectivity index (χ4v) is 2.43. The predicted octanol–water partition coefficient (Wildman–Crippen LogP) is 1.60. The van der Waals surface area contributed by atoms with Crippen molar-refractivity contribution in [2.75, 3.05) is 44.6 Å². The number of hydrogen-bond donors (Lipinski definition) is 1. The Morgan fingerprint density at radius 2 is 1.88 bits per heavy atom. The van der Waals surface area contributed by atoms with E-state index in [1.54, 1.807) is 22.8 Å². The van der Waals surface area contributed by atoms with Gasteiger partial charge in [-0.1, -0.05) is 13.3 Å². The molecule has 0 spiro atoms. The molecule has 1 aliphatic heterocycles. The van der Waals surface area contributed by atoms with E-state index in [4.69, 9.17) is 4.74 Å². The van der Waals surface area contributed by atoms with Gasteiger partial charge in [0, 0.05) is 38.8 Å². The Morgan fingerprint density at radius 3 is 2.54 bits per heavy atom. The first kappa shape index (κ1) is 18.0. The van der Waals surface area contributed by atoms with Crippen molar-refractivity contribution < 1.29 is 14.3 Å². The minimum atomic E-state index is -0.325. The molecule has 0 atom stereocenters. The molecule has 1 saturated heterocycles. The topological polar surface area (TPSA) is 87.7 Å². The highest BCUT2D eigenvalue weighted by molar-refractivity contribution is 5.93. The minimum absolute atomic E-state index is 0.139. The van der Waals surface area contributed by atoms with Crippen LogP contribution in [0.2, 0.25) is 0 Å². The van der Waals surface area contributed by atoms with Crippen LogP contribution in [-0.2, 0) is 4.74 Å². The Kier molecular flexibility index (Phi) is 6.77. The number of aromatic nitrogens is 2. The summed E-state index contributed by atoms with van der Waals surface area (Å²) in [5, 5.41) is 3.19. The lowest BCUT2D eigenvalue weighted by Gasteiger charge is -2.33. The lowest BCUT2D eigenvalue weighted by atomic mass is 10.2. The molecule has 2 rings (SSSR count). The normalized spacial score (nSPS) is 14.4. The number of nitrogens with zero attached hydrogens (tertiary/aromatic N) is 4. The van der Waals surface area contributed by atoms with Gasteiger partial charge in [0.1, 0.15) is 17.8 Å². The zero-order valence-corrected chi connectivity index (χ0v) is 14.3. The van der Waals surface area contributed by atoms with Crippen LogP contribution in [0.3, 0.4) is 0 Å².